The number of carbonyl (C=O) groups excluding carboxylic acids is 1. The fourth-order valence-corrected chi connectivity index (χ4v) is 3.22. The predicted octanol–water partition coefficient (Wildman–Crippen LogP) is 4.46. The van der Waals surface area contributed by atoms with Crippen molar-refractivity contribution < 1.29 is 4.79 Å². The van der Waals surface area contributed by atoms with Gasteiger partial charge in [0.1, 0.15) is 0 Å². The standard InChI is InChI=1S/C19H38N2O/c1-3-4-5-6-7-8-9-10-11-12-14-19(22)21-16-13-15-20(2)17-18-21/h3-18H2,1-2H3. The van der Waals surface area contributed by atoms with Crippen LogP contribution in [0, 0.1) is 0 Å². The van der Waals surface area contributed by atoms with E-state index in [4.69, 9.17) is 0 Å². The van der Waals surface area contributed by atoms with Gasteiger partial charge >= 0.3 is 0 Å². The Kier molecular flexibility index (Phi) is 11.4. The summed E-state index contributed by atoms with van der Waals surface area (Å²) < 4.78 is 0. The molecule has 0 saturated carbocycles. The van der Waals surface area contributed by atoms with Crippen molar-refractivity contribution in [2.45, 2.75) is 84.0 Å². The molecule has 1 aliphatic heterocycles. The number of nitrogens with zero attached hydrogens (tertiary/aromatic N) is 2. The maximum Gasteiger partial charge on any atom is 0.222 e. The first-order valence-corrected chi connectivity index (χ1v) is 9.70. The molecule has 0 N–H and O–H groups in total. The van der Waals surface area contributed by atoms with Gasteiger partial charge in [-0.05, 0) is 26.4 Å². The summed E-state index contributed by atoms with van der Waals surface area (Å²) in [5, 5.41) is 0. The van der Waals surface area contributed by atoms with E-state index in [0.29, 0.717) is 5.91 Å². The van der Waals surface area contributed by atoms with E-state index in [1.54, 1.807) is 0 Å². The van der Waals surface area contributed by atoms with Gasteiger partial charge in [-0.3, -0.25) is 4.79 Å². The van der Waals surface area contributed by atoms with Gasteiger partial charge in [0.25, 0.3) is 0 Å². The zero-order chi connectivity index (χ0) is 16.0. The van der Waals surface area contributed by atoms with Crippen molar-refractivity contribution in [3.63, 3.8) is 0 Å². The Bertz CT molecular complexity index is 281. The van der Waals surface area contributed by atoms with Gasteiger partial charge in [-0.1, -0.05) is 64.7 Å². The molecule has 130 valence electrons. The van der Waals surface area contributed by atoms with Crippen LogP contribution in [-0.4, -0.2) is 48.9 Å². The Balaban J connectivity index is 1.92. The minimum absolute atomic E-state index is 0.384. The lowest BCUT2D eigenvalue weighted by Gasteiger charge is -2.20. The van der Waals surface area contributed by atoms with Crippen molar-refractivity contribution in [3.05, 3.63) is 0 Å². The second-order valence-electron chi connectivity index (χ2n) is 6.97. The summed E-state index contributed by atoms with van der Waals surface area (Å²) in [7, 11) is 2.15. The number of rotatable bonds is 11. The second kappa shape index (κ2) is 12.9. The molecule has 1 rings (SSSR count). The van der Waals surface area contributed by atoms with Crippen LogP contribution in [0.4, 0.5) is 0 Å². The molecule has 1 aliphatic rings. The molecule has 0 unspecified atom stereocenters. The largest absolute Gasteiger partial charge is 0.341 e. The fraction of sp³-hybridized carbons (Fsp3) is 0.947. The van der Waals surface area contributed by atoms with Crippen LogP contribution >= 0.6 is 0 Å². The van der Waals surface area contributed by atoms with Gasteiger partial charge in [0.2, 0.25) is 5.91 Å². The molecule has 1 amide bonds. The molecule has 0 atom stereocenters. The summed E-state index contributed by atoms with van der Waals surface area (Å²) in [6.07, 6.45) is 15.2. The number of unbranched alkanes of at least 4 members (excludes halogenated alkanes) is 9. The molecule has 1 fully saturated rings. The summed E-state index contributed by atoms with van der Waals surface area (Å²) >= 11 is 0. The summed E-state index contributed by atoms with van der Waals surface area (Å²) in [6, 6.07) is 0. The highest BCUT2D eigenvalue weighted by molar-refractivity contribution is 5.76. The average Bonchev–Trinajstić information content (AvgIpc) is 2.73. The smallest absolute Gasteiger partial charge is 0.222 e. The van der Waals surface area contributed by atoms with Crippen LogP contribution in [0.15, 0.2) is 0 Å². The Morgan fingerprint density at radius 2 is 1.36 bits per heavy atom. The van der Waals surface area contributed by atoms with Crippen LogP contribution < -0.4 is 0 Å². The molecule has 0 spiro atoms. The van der Waals surface area contributed by atoms with Gasteiger partial charge in [0.05, 0.1) is 0 Å². The monoisotopic (exact) mass is 310 g/mol. The van der Waals surface area contributed by atoms with Crippen molar-refractivity contribution in [1.82, 2.24) is 9.80 Å². The molecule has 22 heavy (non-hydrogen) atoms. The van der Waals surface area contributed by atoms with Crippen LogP contribution in [0.25, 0.3) is 0 Å². The zero-order valence-electron chi connectivity index (χ0n) is 15.1. The average molecular weight is 311 g/mol. The molecular weight excluding hydrogens is 272 g/mol. The van der Waals surface area contributed by atoms with Crippen LogP contribution in [0.2, 0.25) is 0 Å². The molecule has 3 nitrogen and oxygen atoms in total. The lowest BCUT2D eigenvalue weighted by atomic mass is 10.1. The number of hydrogen-bond donors (Lipinski definition) is 0. The first kappa shape index (κ1) is 19.5. The number of amides is 1. The van der Waals surface area contributed by atoms with E-state index >= 15 is 0 Å². The highest BCUT2D eigenvalue weighted by atomic mass is 16.2. The molecule has 3 heteroatoms. The Morgan fingerprint density at radius 1 is 0.773 bits per heavy atom. The van der Waals surface area contributed by atoms with Crippen molar-refractivity contribution >= 4 is 5.91 Å². The SMILES string of the molecule is CCCCCCCCCCCCC(=O)N1CCCN(C)CC1. The first-order valence-electron chi connectivity index (χ1n) is 9.70. The minimum Gasteiger partial charge on any atom is -0.341 e. The summed E-state index contributed by atoms with van der Waals surface area (Å²) in [5.41, 5.74) is 0. The van der Waals surface area contributed by atoms with Gasteiger partial charge in [-0.25, -0.2) is 0 Å². The first-order chi connectivity index (χ1) is 10.7. The Hall–Kier alpha value is -0.570. The number of hydrogen-bond acceptors (Lipinski definition) is 2. The van der Waals surface area contributed by atoms with E-state index in [2.05, 4.69) is 23.8 Å². The van der Waals surface area contributed by atoms with E-state index in [-0.39, 0.29) is 0 Å². The Morgan fingerprint density at radius 3 is 2.00 bits per heavy atom. The van der Waals surface area contributed by atoms with Crippen LogP contribution in [0.1, 0.15) is 84.0 Å². The topological polar surface area (TPSA) is 23.6 Å². The second-order valence-corrected chi connectivity index (χ2v) is 6.97. The quantitative estimate of drug-likeness (QED) is 0.526. The summed E-state index contributed by atoms with van der Waals surface area (Å²) in [4.78, 5) is 16.6. The molecule has 1 heterocycles. The number of likely N-dealkylation sites (N-methyl/N-ethyl adjacent to an activating group) is 1. The van der Waals surface area contributed by atoms with Crippen LogP contribution in [-0.2, 0) is 4.79 Å². The predicted molar refractivity (Wildman–Crippen MR) is 95.2 cm³/mol. The van der Waals surface area contributed by atoms with E-state index in [0.717, 1.165) is 45.4 Å². The summed E-state index contributed by atoms with van der Waals surface area (Å²) in [5.74, 6) is 0.384. The van der Waals surface area contributed by atoms with Crippen molar-refractivity contribution in [2.75, 3.05) is 33.2 Å². The van der Waals surface area contributed by atoms with Gasteiger partial charge < -0.3 is 9.80 Å². The third kappa shape index (κ3) is 9.45. The lowest BCUT2D eigenvalue weighted by molar-refractivity contribution is -0.131. The normalized spacial score (nSPS) is 16.7. The Labute approximate surface area is 138 Å². The maximum atomic E-state index is 12.2. The molecule has 0 aliphatic carbocycles. The van der Waals surface area contributed by atoms with Gasteiger partial charge in [-0.15, -0.1) is 0 Å². The van der Waals surface area contributed by atoms with Crippen molar-refractivity contribution in [2.24, 2.45) is 0 Å². The van der Waals surface area contributed by atoms with E-state index in [1.165, 1.54) is 57.8 Å². The van der Waals surface area contributed by atoms with Gasteiger partial charge in [0.15, 0.2) is 0 Å². The van der Waals surface area contributed by atoms with Crippen LogP contribution in [0.5, 0.6) is 0 Å². The van der Waals surface area contributed by atoms with Gasteiger partial charge in [-0.2, -0.15) is 0 Å². The van der Waals surface area contributed by atoms with E-state index < -0.39 is 0 Å². The molecule has 0 bridgehead atoms. The van der Waals surface area contributed by atoms with E-state index in [1.807, 2.05) is 0 Å². The summed E-state index contributed by atoms with van der Waals surface area (Å²) in [6.45, 7) is 6.31. The third-order valence-corrected chi connectivity index (χ3v) is 4.82. The van der Waals surface area contributed by atoms with Crippen LogP contribution in [0.3, 0.4) is 0 Å². The number of carbonyl (C=O) groups is 1. The highest BCUT2D eigenvalue weighted by Crippen LogP contribution is 2.12. The van der Waals surface area contributed by atoms with Crippen molar-refractivity contribution in [3.8, 4) is 0 Å². The lowest BCUT2D eigenvalue weighted by Crippen LogP contribution is -2.34. The highest BCUT2D eigenvalue weighted by Gasteiger charge is 2.16. The molecule has 0 aromatic heterocycles. The zero-order valence-corrected chi connectivity index (χ0v) is 15.1. The maximum absolute atomic E-state index is 12.2. The van der Waals surface area contributed by atoms with Gasteiger partial charge in [0, 0.05) is 26.1 Å². The van der Waals surface area contributed by atoms with E-state index in [9.17, 15) is 4.79 Å². The van der Waals surface area contributed by atoms with Crippen molar-refractivity contribution in [1.29, 1.82) is 0 Å². The molecule has 0 aromatic rings. The fourth-order valence-electron chi connectivity index (χ4n) is 3.22. The molecular formula is C19H38N2O. The minimum atomic E-state index is 0.384. The molecule has 0 radical (unpaired) electrons. The third-order valence-electron chi connectivity index (χ3n) is 4.82. The molecule has 0 aromatic carbocycles. The molecule has 1 saturated heterocycles.